The van der Waals surface area contributed by atoms with Gasteiger partial charge in [0.1, 0.15) is 0 Å². The van der Waals surface area contributed by atoms with Crippen LogP contribution in [0, 0.1) is 0 Å². The number of methoxy groups -OCH3 is 1. The zero-order valence-electron chi connectivity index (χ0n) is 9.02. The van der Waals surface area contributed by atoms with Crippen molar-refractivity contribution in [2.75, 3.05) is 20.2 Å². The normalized spacial score (nSPS) is 31.0. The molecule has 2 atom stereocenters. The van der Waals surface area contributed by atoms with Gasteiger partial charge in [0.25, 0.3) is 0 Å². The van der Waals surface area contributed by atoms with Crippen LogP contribution in [0.3, 0.4) is 0 Å². The Bertz CT molecular complexity index is 345. The topological polar surface area (TPSA) is 39.1 Å². The minimum absolute atomic E-state index is 0.289. The van der Waals surface area contributed by atoms with Crippen molar-refractivity contribution in [1.82, 2.24) is 14.9 Å². The van der Waals surface area contributed by atoms with Crippen molar-refractivity contribution < 1.29 is 4.74 Å². The summed E-state index contributed by atoms with van der Waals surface area (Å²) in [7, 11) is 1.79. The Labute approximate surface area is 89.6 Å². The Morgan fingerprint density at radius 2 is 2.33 bits per heavy atom. The van der Waals surface area contributed by atoms with Crippen LogP contribution in [0.2, 0.25) is 0 Å². The van der Waals surface area contributed by atoms with Crippen LogP contribution in [0.1, 0.15) is 30.5 Å². The molecule has 82 valence electrons. The van der Waals surface area contributed by atoms with Gasteiger partial charge in [-0.25, -0.2) is 4.98 Å². The highest BCUT2D eigenvalue weighted by Crippen LogP contribution is 2.41. The molecule has 0 radical (unpaired) electrons. The predicted molar refractivity (Wildman–Crippen MR) is 56.9 cm³/mol. The summed E-state index contributed by atoms with van der Waals surface area (Å²) in [5.41, 5.74) is 1.39. The molecule has 2 aliphatic rings. The van der Waals surface area contributed by atoms with Gasteiger partial charge in [-0.05, 0) is 12.8 Å². The Kier molecular flexibility index (Phi) is 2.25. The molecule has 1 aromatic heterocycles. The first-order chi connectivity index (χ1) is 7.40. The summed E-state index contributed by atoms with van der Waals surface area (Å²) in [5, 5.41) is 3.37. The van der Waals surface area contributed by atoms with Gasteiger partial charge in [0.15, 0.2) is 0 Å². The average molecular weight is 207 g/mol. The fourth-order valence-corrected chi connectivity index (χ4v) is 2.45. The van der Waals surface area contributed by atoms with E-state index in [0.29, 0.717) is 6.04 Å². The standard InChI is InChI=1S/C11H17N3O/c1-15-11-6-12-5-10(11)14-7-13-4-9(14)8-2-3-8/h4,7-8,10-12H,2-3,5-6H2,1H3/t10?,11-/m0/s1. The molecule has 3 rings (SSSR count). The number of aromatic nitrogens is 2. The first-order valence-corrected chi connectivity index (χ1v) is 5.65. The zero-order chi connectivity index (χ0) is 10.3. The third-order valence-electron chi connectivity index (χ3n) is 3.48. The molecule has 1 saturated carbocycles. The molecule has 0 amide bonds. The van der Waals surface area contributed by atoms with E-state index in [0.717, 1.165) is 19.0 Å². The maximum atomic E-state index is 5.49. The van der Waals surface area contributed by atoms with Gasteiger partial charge < -0.3 is 14.6 Å². The second kappa shape index (κ2) is 3.61. The second-order valence-electron chi connectivity index (χ2n) is 4.50. The van der Waals surface area contributed by atoms with Crippen molar-refractivity contribution in [3.05, 3.63) is 18.2 Å². The molecule has 0 aromatic carbocycles. The maximum absolute atomic E-state index is 5.49. The molecule has 1 saturated heterocycles. The number of nitrogens with zero attached hydrogens (tertiary/aromatic N) is 2. The van der Waals surface area contributed by atoms with Gasteiger partial charge in [-0.1, -0.05) is 0 Å². The molecule has 4 heteroatoms. The highest BCUT2D eigenvalue weighted by molar-refractivity contribution is 5.14. The second-order valence-corrected chi connectivity index (χ2v) is 4.50. The van der Waals surface area contributed by atoms with Crippen molar-refractivity contribution in [2.24, 2.45) is 0 Å². The lowest BCUT2D eigenvalue weighted by molar-refractivity contribution is 0.0857. The third kappa shape index (κ3) is 1.58. The van der Waals surface area contributed by atoms with Crippen LogP contribution in [-0.4, -0.2) is 35.9 Å². The SMILES string of the molecule is CO[C@H]1CNCC1n1cncc1C1CC1. The predicted octanol–water partition coefficient (Wildman–Crippen LogP) is 0.920. The molecule has 4 nitrogen and oxygen atoms in total. The quantitative estimate of drug-likeness (QED) is 0.801. The molecule has 2 heterocycles. The van der Waals surface area contributed by atoms with Crippen molar-refractivity contribution in [2.45, 2.75) is 30.9 Å². The lowest BCUT2D eigenvalue weighted by atomic mass is 10.2. The summed E-state index contributed by atoms with van der Waals surface area (Å²) in [5.74, 6) is 0.755. The Balaban J connectivity index is 1.87. The van der Waals surface area contributed by atoms with Gasteiger partial charge >= 0.3 is 0 Å². The minimum atomic E-state index is 0.289. The molecule has 1 aromatic rings. The molecule has 1 N–H and O–H groups in total. The van der Waals surface area contributed by atoms with Crippen LogP contribution in [0.25, 0.3) is 0 Å². The van der Waals surface area contributed by atoms with E-state index < -0.39 is 0 Å². The van der Waals surface area contributed by atoms with Gasteiger partial charge in [0.2, 0.25) is 0 Å². The molecule has 15 heavy (non-hydrogen) atoms. The van der Waals surface area contributed by atoms with E-state index in [9.17, 15) is 0 Å². The Morgan fingerprint density at radius 3 is 3.07 bits per heavy atom. The van der Waals surface area contributed by atoms with E-state index in [2.05, 4.69) is 14.9 Å². The largest absolute Gasteiger partial charge is 0.378 e. The summed E-state index contributed by atoms with van der Waals surface area (Å²) in [6.07, 6.45) is 6.91. The van der Waals surface area contributed by atoms with Crippen LogP contribution >= 0.6 is 0 Å². The first-order valence-electron chi connectivity index (χ1n) is 5.65. The summed E-state index contributed by atoms with van der Waals surface area (Å²) in [6.45, 7) is 1.94. The maximum Gasteiger partial charge on any atom is 0.0952 e. The van der Waals surface area contributed by atoms with Crippen LogP contribution in [0.5, 0.6) is 0 Å². The summed E-state index contributed by atoms with van der Waals surface area (Å²) >= 11 is 0. The Morgan fingerprint density at radius 1 is 1.47 bits per heavy atom. The van der Waals surface area contributed by atoms with Gasteiger partial charge in [0, 0.05) is 38.0 Å². The lowest BCUT2D eigenvalue weighted by Crippen LogP contribution is -2.25. The first kappa shape index (κ1) is 9.36. The van der Waals surface area contributed by atoms with Crippen molar-refractivity contribution in [1.29, 1.82) is 0 Å². The number of hydrogen-bond donors (Lipinski definition) is 1. The monoisotopic (exact) mass is 207 g/mol. The smallest absolute Gasteiger partial charge is 0.0952 e. The lowest BCUT2D eigenvalue weighted by Gasteiger charge is -2.20. The molecule has 1 aliphatic carbocycles. The third-order valence-corrected chi connectivity index (χ3v) is 3.48. The van der Waals surface area contributed by atoms with Crippen LogP contribution in [0.4, 0.5) is 0 Å². The molecule has 2 fully saturated rings. The number of ether oxygens (including phenoxy) is 1. The minimum Gasteiger partial charge on any atom is -0.378 e. The van der Waals surface area contributed by atoms with Crippen molar-refractivity contribution >= 4 is 0 Å². The fourth-order valence-electron chi connectivity index (χ4n) is 2.45. The Hall–Kier alpha value is -0.870. The van der Waals surface area contributed by atoms with E-state index in [4.69, 9.17) is 4.74 Å². The number of rotatable bonds is 3. The molecule has 0 spiro atoms. The van der Waals surface area contributed by atoms with Gasteiger partial charge in [-0.2, -0.15) is 0 Å². The highest BCUT2D eigenvalue weighted by Gasteiger charge is 2.33. The van der Waals surface area contributed by atoms with Gasteiger partial charge in [-0.3, -0.25) is 0 Å². The van der Waals surface area contributed by atoms with Gasteiger partial charge in [0.05, 0.1) is 18.5 Å². The summed E-state index contributed by atoms with van der Waals surface area (Å²) in [4.78, 5) is 4.28. The van der Waals surface area contributed by atoms with Crippen molar-refractivity contribution in [3.8, 4) is 0 Å². The van der Waals surface area contributed by atoms with E-state index in [1.54, 1.807) is 7.11 Å². The van der Waals surface area contributed by atoms with E-state index >= 15 is 0 Å². The number of imidazole rings is 1. The van der Waals surface area contributed by atoms with Crippen molar-refractivity contribution in [3.63, 3.8) is 0 Å². The molecule has 0 bridgehead atoms. The van der Waals surface area contributed by atoms with Crippen LogP contribution in [0.15, 0.2) is 12.5 Å². The van der Waals surface area contributed by atoms with E-state index in [1.807, 2.05) is 12.5 Å². The molecular formula is C11H17N3O. The van der Waals surface area contributed by atoms with E-state index in [1.165, 1.54) is 18.5 Å². The summed E-state index contributed by atoms with van der Waals surface area (Å²) < 4.78 is 7.80. The molecular weight excluding hydrogens is 190 g/mol. The highest BCUT2D eigenvalue weighted by atomic mass is 16.5. The van der Waals surface area contributed by atoms with E-state index in [-0.39, 0.29) is 6.10 Å². The summed E-state index contributed by atoms with van der Waals surface area (Å²) in [6, 6.07) is 0.424. The zero-order valence-corrected chi connectivity index (χ0v) is 9.02. The molecule has 1 aliphatic heterocycles. The van der Waals surface area contributed by atoms with Gasteiger partial charge in [-0.15, -0.1) is 0 Å². The number of nitrogens with one attached hydrogen (secondary N) is 1. The number of hydrogen-bond acceptors (Lipinski definition) is 3. The molecule has 1 unspecified atom stereocenters. The van der Waals surface area contributed by atoms with Crippen LogP contribution < -0.4 is 5.32 Å². The fraction of sp³-hybridized carbons (Fsp3) is 0.727. The van der Waals surface area contributed by atoms with Crippen LogP contribution in [-0.2, 0) is 4.74 Å². The average Bonchev–Trinajstić information content (AvgIpc) is 2.83.